The lowest BCUT2D eigenvalue weighted by atomic mass is 9.92. The number of carbonyl (C=O) groups excluding carboxylic acids is 2. The van der Waals surface area contributed by atoms with E-state index in [9.17, 15) is 9.59 Å². The predicted molar refractivity (Wildman–Crippen MR) is 112 cm³/mol. The Kier molecular flexibility index (Phi) is 6.60. The quantitative estimate of drug-likeness (QED) is 0.831. The summed E-state index contributed by atoms with van der Waals surface area (Å²) in [6.07, 6.45) is 10.9. The van der Waals surface area contributed by atoms with E-state index in [0.29, 0.717) is 12.6 Å². The fraction of sp³-hybridized carbons (Fsp3) is 0.609. The minimum Gasteiger partial charge on any atom is -0.350 e. The van der Waals surface area contributed by atoms with Gasteiger partial charge in [-0.3, -0.25) is 14.6 Å². The van der Waals surface area contributed by atoms with Crippen molar-refractivity contribution in [2.75, 3.05) is 26.2 Å². The summed E-state index contributed by atoms with van der Waals surface area (Å²) in [5.74, 6) is 0.524. The maximum absolute atomic E-state index is 12.6. The van der Waals surface area contributed by atoms with Gasteiger partial charge in [0.15, 0.2) is 0 Å². The van der Waals surface area contributed by atoms with Crippen LogP contribution in [0.15, 0.2) is 36.0 Å². The second-order valence-corrected chi connectivity index (χ2v) is 8.49. The molecule has 0 radical (unpaired) electrons. The first kappa shape index (κ1) is 20.1. The second kappa shape index (κ2) is 9.53. The Morgan fingerprint density at radius 2 is 1.86 bits per heavy atom. The summed E-state index contributed by atoms with van der Waals surface area (Å²) < 4.78 is 0. The number of hydrogen-bond acceptors (Lipinski definition) is 4. The summed E-state index contributed by atoms with van der Waals surface area (Å²) in [4.78, 5) is 33.9. The number of nitrogens with one attached hydrogen (secondary N) is 1. The summed E-state index contributed by atoms with van der Waals surface area (Å²) in [6.45, 7) is 4.19. The Morgan fingerprint density at radius 1 is 1.07 bits per heavy atom. The molecule has 2 aliphatic heterocycles. The first-order chi connectivity index (χ1) is 14.2. The third-order valence-electron chi connectivity index (χ3n) is 6.65. The fourth-order valence-corrected chi connectivity index (χ4v) is 4.85. The van der Waals surface area contributed by atoms with Gasteiger partial charge >= 0.3 is 0 Å². The highest BCUT2D eigenvalue weighted by Crippen LogP contribution is 2.26. The van der Waals surface area contributed by atoms with Crippen LogP contribution in [0.5, 0.6) is 0 Å². The number of piperidine rings is 2. The van der Waals surface area contributed by atoms with E-state index < -0.39 is 0 Å². The number of rotatable bonds is 5. The van der Waals surface area contributed by atoms with Crippen molar-refractivity contribution >= 4 is 11.8 Å². The topological polar surface area (TPSA) is 65.5 Å². The molecule has 0 unspecified atom stereocenters. The molecule has 0 atom stereocenters. The number of carbonyl (C=O) groups is 2. The van der Waals surface area contributed by atoms with Crippen LogP contribution in [0.25, 0.3) is 0 Å². The van der Waals surface area contributed by atoms with Crippen LogP contribution in [0, 0.1) is 5.92 Å². The molecule has 3 aliphatic rings. The third kappa shape index (κ3) is 5.04. The molecule has 6 nitrogen and oxygen atoms in total. The van der Waals surface area contributed by atoms with Gasteiger partial charge in [0.1, 0.15) is 0 Å². The van der Waals surface area contributed by atoms with Crippen molar-refractivity contribution in [1.82, 2.24) is 20.1 Å². The molecular weight excluding hydrogens is 364 g/mol. The monoisotopic (exact) mass is 396 g/mol. The first-order valence-corrected chi connectivity index (χ1v) is 11.1. The molecule has 2 amide bonds. The van der Waals surface area contributed by atoms with Gasteiger partial charge in [0.05, 0.1) is 12.2 Å². The van der Waals surface area contributed by atoms with Gasteiger partial charge in [0.2, 0.25) is 11.8 Å². The van der Waals surface area contributed by atoms with E-state index in [2.05, 4.69) is 21.3 Å². The smallest absolute Gasteiger partial charge is 0.249 e. The summed E-state index contributed by atoms with van der Waals surface area (Å²) in [7, 11) is 0. The summed E-state index contributed by atoms with van der Waals surface area (Å²) in [5.41, 5.74) is 1.92. The van der Waals surface area contributed by atoms with Gasteiger partial charge in [-0.05, 0) is 70.2 Å². The zero-order chi connectivity index (χ0) is 20.1. The normalized spacial score (nSPS) is 21.8. The fourth-order valence-electron chi connectivity index (χ4n) is 4.85. The van der Waals surface area contributed by atoms with E-state index in [-0.39, 0.29) is 17.7 Å². The van der Waals surface area contributed by atoms with Crippen LogP contribution in [0.2, 0.25) is 0 Å². The van der Waals surface area contributed by atoms with Crippen LogP contribution in [0.4, 0.5) is 0 Å². The van der Waals surface area contributed by atoms with Crippen molar-refractivity contribution in [2.24, 2.45) is 5.92 Å². The highest BCUT2D eigenvalue weighted by Gasteiger charge is 2.32. The second-order valence-electron chi connectivity index (χ2n) is 8.49. The molecular formula is C23H32N4O2. The lowest BCUT2D eigenvalue weighted by Gasteiger charge is -2.41. The number of amides is 2. The molecule has 0 aromatic carbocycles. The van der Waals surface area contributed by atoms with Crippen LogP contribution in [0.3, 0.4) is 0 Å². The minimum absolute atomic E-state index is 0.103. The third-order valence-corrected chi connectivity index (χ3v) is 6.65. The number of likely N-dealkylation sites (tertiary alicyclic amines) is 2. The van der Waals surface area contributed by atoms with E-state index in [4.69, 9.17) is 0 Å². The Labute approximate surface area is 173 Å². The highest BCUT2D eigenvalue weighted by molar-refractivity contribution is 5.93. The van der Waals surface area contributed by atoms with Gasteiger partial charge in [-0.25, -0.2) is 0 Å². The van der Waals surface area contributed by atoms with Gasteiger partial charge in [-0.15, -0.1) is 0 Å². The molecule has 1 N–H and O–H groups in total. The van der Waals surface area contributed by atoms with E-state index in [0.717, 1.165) is 82.4 Å². The maximum atomic E-state index is 12.6. The molecule has 156 valence electrons. The number of pyridine rings is 1. The zero-order valence-corrected chi connectivity index (χ0v) is 17.2. The molecule has 1 aliphatic carbocycles. The average Bonchev–Trinajstić information content (AvgIpc) is 3.33. The van der Waals surface area contributed by atoms with Crippen molar-refractivity contribution in [1.29, 1.82) is 0 Å². The van der Waals surface area contributed by atoms with Crippen LogP contribution in [0.1, 0.15) is 50.6 Å². The first-order valence-electron chi connectivity index (χ1n) is 11.1. The molecule has 1 aromatic heterocycles. The molecule has 3 heterocycles. The zero-order valence-electron chi connectivity index (χ0n) is 17.2. The summed E-state index contributed by atoms with van der Waals surface area (Å²) in [6, 6.07) is 6.31. The van der Waals surface area contributed by atoms with Crippen LogP contribution in [-0.4, -0.2) is 58.8 Å². The SMILES string of the molecule is O=C(NCc1ccccn1)C1CCN(C2CCN(C(=O)C3=CCCC3)CC2)CC1. The molecule has 1 aromatic rings. The number of aromatic nitrogens is 1. The van der Waals surface area contributed by atoms with Crippen molar-refractivity contribution < 1.29 is 9.59 Å². The van der Waals surface area contributed by atoms with Crippen LogP contribution < -0.4 is 5.32 Å². The van der Waals surface area contributed by atoms with Crippen LogP contribution >= 0.6 is 0 Å². The number of hydrogen-bond donors (Lipinski definition) is 1. The van der Waals surface area contributed by atoms with Gasteiger partial charge < -0.3 is 15.1 Å². The molecule has 4 rings (SSSR count). The molecule has 0 bridgehead atoms. The average molecular weight is 397 g/mol. The Hall–Kier alpha value is -2.21. The van der Waals surface area contributed by atoms with Crippen LogP contribution in [-0.2, 0) is 16.1 Å². The van der Waals surface area contributed by atoms with Crippen molar-refractivity contribution in [2.45, 2.75) is 57.5 Å². The minimum atomic E-state index is 0.103. The largest absolute Gasteiger partial charge is 0.350 e. The van der Waals surface area contributed by atoms with E-state index in [1.165, 1.54) is 0 Å². The molecule has 29 heavy (non-hydrogen) atoms. The number of allylic oxidation sites excluding steroid dienone is 1. The molecule has 6 heteroatoms. The Morgan fingerprint density at radius 3 is 2.52 bits per heavy atom. The van der Waals surface area contributed by atoms with E-state index in [1.807, 2.05) is 23.1 Å². The predicted octanol–water partition coefficient (Wildman–Crippen LogP) is 2.51. The molecule has 0 saturated carbocycles. The van der Waals surface area contributed by atoms with Crippen molar-refractivity contribution in [3.63, 3.8) is 0 Å². The van der Waals surface area contributed by atoms with Gasteiger partial charge in [0.25, 0.3) is 0 Å². The Bertz CT molecular complexity index is 733. The molecule has 2 fully saturated rings. The Balaban J connectivity index is 1.18. The van der Waals surface area contributed by atoms with Gasteiger partial charge in [-0.1, -0.05) is 12.1 Å². The van der Waals surface area contributed by atoms with E-state index >= 15 is 0 Å². The van der Waals surface area contributed by atoms with Gasteiger partial charge in [-0.2, -0.15) is 0 Å². The summed E-state index contributed by atoms with van der Waals surface area (Å²) in [5, 5.41) is 3.04. The van der Waals surface area contributed by atoms with Gasteiger partial charge in [0, 0.05) is 36.8 Å². The molecule has 2 saturated heterocycles. The maximum Gasteiger partial charge on any atom is 0.249 e. The standard InChI is InChI=1S/C23H32N4O2/c28-22(25-17-20-7-3-4-12-24-20)18-8-13-26(14-9-18)21-10-15-27(16-11-21)23(29)19-5-1-2-6-19/h3-5,7,12,18,21H,1-2,6,8-11,13-17H2,(H,25,28). The summed E-state index contributed by atoms with van der Waals surface area (Å²) >= 11 is 0. The molecule has 0 spiro atoms. The lowest BCUT2D eigenvalue weighted by molar-refractivity contribution is -0.130. The highest BCUT2D eigenvalue weighted by atomic mass is 16.2. The van der Waals surface area contributed by atoms with Crippen molar-refractivity contribution in [3.05, 3.63) is 41.7 Å². The lowest BCUT2D eigenvalue weighted by Crippen LogP contribution is -2.50. The number of nitrogens with zero attached hydrogens (tertiary/aromatic N) is 3. The van der Waals surface area contributed by atoms with E-state index in [1.54, 1.807) is 6.20 Å². The van der Waals surface area contributed by atoms with Crippen molar-refractivity contribution in [3.8, 4) is 0 Å².